The van der Waals surface area contributed by atoms with Crippen LogP contribution in [0, 0.1) is 5.82 Å². The second-order valence-corrected chi connectivity index (χ2v) is 6.13. The normalized spacial score (nSPS) is 10.9. The average molecular weight is 338 g/mol. The first kappa shape index (κ1) is 16.8. The average Bonchev–Trinajstić information content (AvgIpc) is 3.07. The predicted molar refractivity (Wildman–Crippen MR) is 94.2 cm³/mol. The highest BCUT2D eigenvalue weighted by atomic mass is 19.1. The molecule has 0 aliphatic carbocycles. The molecule has 0 aliphatic heterocycles. The molecule has 3 aromatic rings. The number of rotatable bonds is 5. The number of hydrogen-bond acceptors (Lipinski definition) is 3. The summed E-state index contributed by atoms with van der Waals surface area (Å²) in [5.74, 6) is -0.191. The van der Waals surface area contributed by atoms with Crippen LogP contribution in [0.15, 0.2) is 54.7 Å². The van der Waals surface area contributed by atoms with Crippen molar-refractivity contribution in [2.75, 3.05) is 5.32 Å². The van der Waals surface area contributed by atoms with Crippen molar-refractivity contribution < 1.29 is 9.18 Å². The molecule has 6 heteroatoms. The number of nitrogens with zero attached hydrogens (tertiary/aromatic N) is 3. The SMILES string of the molecule is CC(C)c1cnnn1-c1cccc(NC(=O)Cc2ccc(F)cc2)c1. The second kappa shape index (κ2) is 7.25. The molecule has 1 aromatic heterocycles. The van der Waals surface area contributed by atoms with Crippen molar-refractivity contribution in [1.82, 2.24) is 15.0 Å². The molecule has 2 aromatic carbocycles. The molecule has 0 aliphatic rings. The van der Waals surface area contributed by atoms with Gasteiger partial charge in [-0.1, -0.05) is 37.3 Å². The molecule has 0 saturated carbocycles. The fourth-order valence-corrected chi connectivity index (χ4v) is 2.55. The van der Waals surface area contributed by atoms with E-state index in [0.717, 1.165) is 16.9 Å². The third-order valence-corrected chi connectivity index (χ3v) is 3.82. The molecule has 25 heavy (non-hydrogen) atoms. The largest absolute Gasteiger partial charge is 0.326 e. The third kappa shape index (κ3) is 4.09. The fourth-order valence-electron chi connectivity index (χ4n) is 2.55. The Kier molecular flexibility index (Phi) is 4.88. The molecule has 0 atom stereocenters. The maximum atomic E-state index is 12.9. The Balaban J connectivity index is 1.74. The molecule has 5 nitrogen and oxygen atoms in total. The number of aromatic nitrogens is 3. The Bertz CT molecular complexity index is 871. The number of carbonyl (C=O) groups is 1. The number of anilines is 1. The van der Waals surface area contributed by atoms with Crippen molar-refractivity contribution in [3.8, 4) is 5.69 Å². The number of hydrogen-bond donors (Lipinski definition) is 1. The van der Waals surface area contributed by atoms with Gasteiger partial charge in [-0.15, -0.1) is 5.10 Å². The van der Waals surface area contributed by atoms with E-state index in [1.54, 1.807) is 23.0 Å². The minimum Gasteiger partial charge on any atom is -0.326 e. The van der Waals surface area contributed by atoms with Crippen LogP contribution in [-0.4, -0.2) is 20.9 Å². The van der Waals surface area contributed by atoms with Gasteiger partial charge in [0.25, 0.3) is 0 Å². The van der Waals surface area contributed by atoms with Gasteiger partial charge in [-0.25, -0.2) is 9.07 Å². The van der Waals surface area contributed by atoms with E-state index >= 15 is 0 Å². The van der Waals surface area contributed by atoms with E-state index in [4.69, 9.17) is 0 Å². The van der Waals surface area contributed by atoms with Gasteiger partial charge in [0.2, 0.25) is 5.91 Å². The molecule has 3 rings (SSSR count). The molecule has 1 heterocycles. The van der Waals surface area contributed by atoms with E-state index in [1.807, 2.05) is 24.3 Å². The standard InChI is InChI=1S/C19H19FN4O/c1-13(2)18-12-21-23-24(18)17-5-3-4-16(11-17)22-19(25)10-14-6-8-15(20)9-7-14/h3-9,11-13H,10H2,1-2H3,(H,22,25). The predicted octanol–water partition coefficient (Wildman–Crippen LogP) is 3.71. The van der Waals surface area contributed by atoms with E-state index in [2.05, 4.69) is 29.5 Å². The summed E-state index contributed by atoms with van der Waals surface area (Å²) >= 11 is 0. The van der Waals surface area contributed by atoms with Crippen molar-refractivity contribution >= 4 is 11.6 Å². The highest BCUT2D eigenvalue weighted by molar-refractivity contribution is 5.92. The summed E-state index contributed by atoms with van der Waals surface area (Å²) in [5.41, 5.74) is 3.26. The first-order valence-corrected chi connectivity index (χ1v) is 8.08. The first-order chi connectivity index (χ1) is 12.0. The summed E-state index contributed by atoms with van der Waals surface area (Å²) < 4.78 is 14.7. The molecule has 1 N–H and O–H groups in total. The molecule has 0 bridgehead atoms. The van der Waals surface area contributed by atoms with Crippen molar-refractivity contribution in [3.05, 3.63) is 71.8 Å². The Morgan fingerprint density at radius 2 is 1.96 bits per heavy atom. The van der Waals surface area contributed by atoms with E-state index in [1.165, 1.54) is 12.1 Å². The zero-order chi connectivity index (χ0) is 17.8. The Hall–Kier alpha value is -3.02. The van der Waals surface area contributed by atoms with Gasteiger partial charge < -0.3 is 5.32 Å². The topological polar surface area (TPSA) is 59.8 Å². The van der Waals surface area contributed by atoms with Crippen LogP contribution in [0.2, 0.25) is 0 Å². The monoisotopic (exact) mass is 338 g/mol. The first-order valence-electron chi connectivity index (χ1n) is 8.08. The van der Waals surface area contributed by atoms with Gasteiger partial charge in [-0.2, -0.15) is 0 Å². The Labute approximate surface area is 145 Å². The number of halogens is 1. The van der Waals surface area contributed by atoms with Gasteiger partial charge >= 0.3 is 0 Å². The molecule has 0 radical (unpaired) electrons. The van der Waals surface area contributed by atoms with Crippen molar-refractivity contribution in [2.24, 2.45) is 0 Å². The van der Waals surface area contributed by atoms with Crippen LogP contribution in [0.1, 0.15) is 31.0 Å². The number of nitrogens with one attached hydrogen (secondary N) is 1. The van der Waals surface area contributed by atoms with Gasteiger partial charge in [-0.05, 0) is 41.8 Å². The van der Waals surface area contributed by atoms with Crippen LogP contribution in [0.3, 0.4) is 0 Å². The molecule has 0 fully saturated rings. The van der Waals surface area contributed by atoms with Gasteiger partial charge in [-0.3, -0.25) is 4.79 Å². The van der Waals surface area contributed by atoms with Gasteiger partial charge in [0, 0.05) is 5.69 Å². The van der Waals surface area contributed by atoms with Crippen molar-refractivity contribution in [2.45, 2.75) is 26.2 Å². The lowest BCUT2D eigenvalue weighted by Gasteiger charge is -2.11. The van der Waals surface area contributed by atoms with E-state index in [0.29, 0.717) is 5.69 Å². The van der Waals surface area contributed by atoms with Crippen molar-refractivity contribution in [1.29, 1.82) is 0 Å². The molecule has 0 unspecified atom stereocenters. The lowest BCUT2D eigenvalue weighted by molar-refractivity contribution is -0.115. The zero-order valence-electron chi connectivity index (χ0n) is 14.1. The summed E-state index contributed by atoms with van der Waals surface area (Å²) in [6.45, 7) is 4.15. The molecular weight excluding hydrogens is 319 g/mol. The van der Waals surface area contributed by atoms with Gasteiger partial charge in [0.15, 0.2) is 0 Å². The Morgan fingerprint density at radius 1 is 1.20 bits per heavy atom. The van der Waals surface area contributed by atoms with Crippen LogP contribution in [0.25, 0.3) is 5.69 Å². The van der Waals surface area contributed by atoms with Crippen LogP contribution in [-0.2, 0) is 11.2 Å². The quantitative estimate of drug-likeness (QED) is 0.771. The van der Waals surface area contributed by atoms with E-state index in [9.17, 15) is 9.18 Å². The van der Waals surface area contributed by atoms with Crippen LogP contribution >= 0.6 is 0 Å². The summed E-state index contributed by atoms with van der Waals surface area (Å²) in [6, 6.07) is 13.3. The maximum absolute atomic E-state index is 12.9. The Morgan fingerprint density at radius 3 is 2.68 bits per heavy atom. The molecule has 0 saturated heterocycles. The highest BCUT2D eigenvalue weighted by Gasteiger charge is 2.11. The summed E-state index contributed by atoms with van der Waals surface area (Å²) in [6.07, 6.45) is 1.93. The minimum absolute atomic E-state index is 0.161. The van der Waals surface area contributed by atoms with E-state index in [-0.39, 0.29) is 24.1 Å². The van der Waals surface area contributed by atoms with Crippen LogP contribution in [0.5, 0.6) is 0 Å². The number of amides is 1. The smallest absolute Gasteiger partial charge is 0.228 e. The highest BCUT2D eigenvalue weighted by Crippen LogP contribution is 2.20. The number of benzene rings is 2. The lowest BCUT2D eigenvalue weighted by atomic mass is 10.1. The summed E-state index contributed by atoms with van der Waals surface area (Å²) in [4.78, 5) is 12.2. The number of carbonyl (C=O) groups excluding carboxylic acids is 1. The minimum atomic E-state index is -0.314. The van der Waals surface area contributed by atoms with E-state index < -0.39 is 0 Å². The fraction of sp³-hybridized carbons (Fsp3) is 0.211. The van der Waals surface area contributed by atoms with Crippen LogP contribution < -0.4 is 5.32 Å². The molecular formula is C19H19FN4O. The molecule has 128 valence electrons. The zero-order valence-corrected chi connectivity index (χ0v) is 14.1. The second-order valence-electron chi connectivity index (χ2n) is 6.13. The summed E-state index contributed by atoms with van der Waals surface area (Å²) in [5, 5.41) is 11.0. The maximum Gasteiger partial charge on any atom is 0.228 e. The summed E-state index contributed by atoms with van der Waals surface area (Å²) in [7, 11) is 0. The molecule has 0 spiro atoms. The van der Waals surface area contributed by atoms with Gasteiger partial charge in [0.05, 0.1) is 24.0 Å². The lowest BCUT2D eigenvalue weighted by Crippen LogP contribution is -2.14. The van der Waals surface area contributed by atoms with Gasteiger partial charge in [0.1, 0.15) is 5.82 Å². The van der Waals surface area contributed by atoms with Crippen LogP contribution in [0.4, 0.5) is 10.1 Å². The third-order valence-electron chi connectivity index (χ3n) is 3.82. The molecule has 1 amide bonds. The van der Waals surface area contributed by atoms with Crippen molar-refractivity contribution in [3.63, 3.8) is 0 Å².